The first-order chi connectivity index (χ1) is 7.99. The molecule has 1 aliphatic heterocycles. The van der Waals surface area contributed by atoms with Crippen LogP contribution >= 0.6 is 0 Å². The molecule has 17 heavy (non-hydrogen) atoms. The number of rotatable bonds is 2. The number of hydrogen-bond donors (Lipinski definition) is 1. The molecule has 0 saturated carbocycles. The highest BCUT2D eigenvalue weighted by molar-refractivity contribution is 5.96. The summed E-state index contributed by atoms with van der Waals surface area (Å²) in [6, 6.07) is 1.96. The van der Waals surface area contributed by atoms with E-state index in [1.165, 1.54) is 0 Å². The molecule has 1 atom stereocenters. The summed E-state index contributed by atoms with van der Waals surface area (Å²) >= 11 is 0. The molecule has 1 N–H and O–H groups in total. The number of amides is 1. The molecule has 0 spiro atoms. The lowest BCUT2D eigenvalue weighted by Gasteiger charge is -2.27. The number of aromatic nitrogens is 1. The second kappa shape index (κ2) is 4.35. The maximum atomic E-state index is 11.7. The number of carbonyl (C=O) groups excluding carboxylic acids is 1. The number of fused-ring (bicyclic) bond motifs is 1. The number of carbonyl (C=O) groups is 1. The van der Waals surface area contributed by atoms with Gasteiger partial charge < -0.3 is 10.1 Å². The van der Waals surface area contributed by atoms with Crippen molar-refractivity contribution in [3.8, 4) is 5.75 Å². The van der Waals surface area contributed by atoms with Gasteiger partial charge in [-0.2, -0.15) is 0 Å². The molecule has 1 amide bonds. The Hall–Kier alpha value is -1.58. The fourth-order valence-corrected chi connectivity index (χ4v) is 1.78. The van der Waals surface area contributed by atoms with Crippen LogP contribution in [-0.4, -0.2) is 17.0 Å². The fourth-order valence-electron chi connectivity index (χ4n) is 1.78. The minimum Gasteiger partial charge on any atom is -0.476 e. The Bertz CT molecular complexity index is 441. The van der Waals surface area contributed by atoms with Gasteiger partial charge in [0.1, 0.15) is 0 Å². The van der Waals surface area contributed by atoms with Gasteiger partial charge in [-0.05, 0) is 23.5 Å². The highest BCUT2D eigenvalue weighted by atomic mass is 16.5. The van der Waals surface area contributed by atoms with Crippen LogP contribution in [0.4, 0.5) is 5.82 Å². The second-order valence-electron chi connectivity index (χ2n) is 5.04. The third kappa shape index (κ3) is 2.25. The number of anilines is 1. The van der Waals surface area contributed by atoms with Crippen LogP contribution in [0, 0.1) is 5.92 Å². The Labute approximate surface area is 101 Å². The van der Waals surface area contributed by atoms with Gasteiger partial charge in [-0.3, -0.25) is 4.79 Å². The van der Waals surface area contributed by atoms with E-state index in [4.69, 9.17) is 4.74 Å². The van der Waals surface area contributed by atoms with Crippen molar-refractivity contribution < 1.29 is 9.53 Å². The van der Waals surface area contributed by atoms with E-state index in [2.05, 4.69) is 24.1 Å². The van der Waals surface area contributed by atoms with Gasteiger partial charge in [0.2, 0.25) is 0 Å². The van der Waals surface area contributed by atoms with Crippen LogP contribution < -0.4 is 10.1 Å². The third-order valence-corrected chi connectivity index (χ3v) is 2.90. The van der Waals surface area contributed by atoms with E-state index in [0.717, 1.165) is 5.56 Å². The van der Waals surface area contributed by atoms with E-state index in [0.29, 0.717) is 17.5 Å². The smallest absolute Gasteiger partial charge is 0.266 e. The number of ether oxygens (including phenoxy) is 1. The average Bonchev–Trinajstić information content (AvgIpc) is 2.27. The zero-order valence-electron chi connectivity index (χ0n) is 10.7. The van der Waals surface area contributed by atoms with Crippen molar-refractivity contribution in [1.82, 2.24) is 4.98 Å². The van der Waals surface area contributed by atoms with E-state index < -0.39 is 6.10 Å². The SMILES string of the molecule is CC(C)c1cnc2c(c1)OC(C(C)C)C(=O)N2. The molecule has 0 aromatic carbocycles. The number of nitrogens with zero attached hydrogens (tertiary/aromatic N) is 1. The van der Waals surface area contributed by atoms with Crippen LogP contribution in [0.15, 0.2) is 12.3 Å². The molecule has 2 rings (SSSR count). The minimum atomic E-state index is -0.424. The van der Waals surface area contributed by atoms with Crippen molar-refractivity contribution in [2.45, 2.75) is 39.7 Å². The zero-order chi connectivity index (χ0) is 12.6. The molecule has 1 aromatic rings. The van der Waals surface area contributed by atoms with Crippen molar-refractivity contribution in [1.29, 1.82) is 0 Å². The van der Waals surface area contributed by atoms with Crippen molar-refractivity contribution in [3.63, 3.8) is 0 Å². The molecule has 1 aromatic heterocycles. The summed E-state index contributed by atoms with van der Waals surface area (Å²) in [5.74, 6) is 1.63. The van der Waals surface area contributed by atoms with Crippen LogP contribution in [-0.2, 0) is 4.79 Å². The zero-order valence-corrected chi connectivity index (χ0v) is 10.7. The largest absolute Gasteiger partial charge is 0.476 e. The fraction of sp³-hybridized carbons (Fsp3) is 0.538. The molecule has 0 bridgehead atoms. The van der Waals surface area contributed by atoms with Gasteiger partial charge in [0.05, 0.1) is 0 Å². The van der Waals surface area contributed by atoms with Crippen molar-refractivity contribution in [2.24, 2.45) is 5.92 Å². The monoisotopic (exact) mass is 234 g/mol. The summed E-state index contributed by atoms with van der Waals surface area (Å²) in [5, 5.41) is 2.78. The Kier molecular flexibility index (Phi) is 3.05. The molecule has 4 nitrogen and oxygen atoms in total. The molecule has 0 radical (unpaired) electrons. The predicted molar refractivity (Wildman–Crippen MR) is 66.2 cm³/mol. The maximum absolute atomic E-state index is 11.7. The van der Waals surface area contributed by atoms with E-state index in [-0.39, 0.29) is 11.8 Å². The molecule has 1 aliphatic rings. The van der Waals surface area contributed by atoms with Gasteiger partial charge >= 0.3 is 0 Å². The Morgan fingerprint density at radius 1 is 1.35 bits per heavy atom. The quantitative estimate of drug-likeness (QED) is 0.855. The molecule has 0 saturated heterocycles. The van der Waals surface area contributed by atoms with Crippen molar-refractivity contribution >= 4 is 11.7 Å². The molecule has 0 aliphatic carbocycles. The van der Waals surface area contributed by atoms with Gasteiger partial charge in [-0.15, -0.1) is 0 Å². The van der Waals surface area contributed by atoms with E-state index in [1.54, 1.807) is 6.20 Å². The molecule has 4 heteroatoms. The van der Waals surface area contributed by atoms with Gasteiger partial charge in [0.15, 0.2) is 17.7 Å². The summed E-state index contributed by atoms with van der Waals surface area (Å²) in [6.07, 6.45) is 1.36. The van der Waals surface area contributed by atoms with Gasteiger partial charge in [-0.25, -0.2) is 4.98 Å². The Balaban J connectivity index is 2.33. The normalized spacial score (nSPS) is 18.9. The lowest BCUT2D eigenvalue weighted by molar-refractivity contribution is -0.125. The number of nitrogens with one attached hydrogen (secondary N) is 1. The maximum Gasteiger partial charge on any atom is 0.266 e. The average molecular weight is 234 g/mol. The van der Waals surface area contributed by atoms with Crippen LogP contribution in [0.1, 0.15) is 39.2 Å². The Morgan fingerprint density at radius 3 is 2.65 bits per heavy atom. The van der Waals surface area contributed by atoms with Gasteiger partial charge in [-0.1, -0.05) is 27.7 Å². The second-order valence-corrected chi connectivity index (χ2v) is 5.04. The van der Waals surface area contributed by atoms with Crippen LogP contribution in [0.3, 0.4) is 0 Å². The van der Waals surface area contributed by atoms with E-state index >= 15 is 0 Å². The molecule has 92 valence electrons. The molecule has 1 unspecified atom stereocenters. The standard InChI is InChI=1S/C13H18N2O2/c1-7(2)9-5-10-12(14-6-9)15-13(16)11(17-10)8(3)4/h5-8,11H,1-4H3,(H,14,15,16). The van der Waals surface area contributed by atoms with Gasteiger partial charge in [0, 0.05) is 6.20 Å². The van der Waals surface area contributed by atoms with Crippen molar-refractivity contribution in [2.75, 3.05) is 5.32 Å². The first kappa shape index (κ1) is 11.9. The van der Waals surface area contributed by atoms with Gasteiger partial charge in [0.25, 0.3) is 5.91 Å². The topological polar surface area (TPSA) is 51.2 Å². The summed E-state index contributed by atoms with van der Waals surface area (Å²) in [6.45, 7) is 8.14. The number of pyridine rings is 1. The van der Waals surface area contributed by atoms with Crippen LogP contribution in [0.25, 0.3) is 0 Å². The third-order valence-electron chi connectivity index (χ3n) is 2.90. The first-order valence-electron chi connectivity index (χ1n) is 5.96. The highest BCUT2D eigenvalue weighted by Crippen LogP contribution is 2.31. The summed E-state index contributed by atoms with van der Waals surface area (Å²) in [5.41, 5.74) is 1.11. The molecule has 2 heterocycles. The highest BCUT2D eigenvalue weighted by Gasteiger charge is 2.31. The predicted octanol–water partition coefficient (Wildman–Crippen LogP) is 2.56. The minimum absolute atomic E-state index is 0.114. The Morgan fingerprint density at radius 2 is 2.06 bits per heavy atom. The van der Waals surface area contributed by atoms with E-state index in [9.17, 15) is 4.79 Å². The molecule has 0 fully saturated rings. The van der Waals surface area contributed by atoms with Crippen LogP contribution in [0.2, 0.25) is 0 Å². The summed E-state index contributed by atoms with van der Waals surface area (Å²) < 4.78 is 5.72. The summed E-state index contributed by atoms with van der Waals surface area (Å²) in [4.78, 5) is 16.0. The van der Waals surface area contributed by atoms with Crippen LogP contribution in [0.5, 0.6) is 5.75 Å². The number of hydrogen-bond acceptors (Lipinski definition) is 3. The molecular formula is C13H18N2O2. The lowest BCUT2D eigenvalue weighted by Crippen LogP contribution is -2.41. The van der Waals surface area contributed by atoms with E-state index in [1.807, 2.05) is 19.9 Å². The molecular weight excluding hydrogens is 216 g/mol. The lowest BCUT2D eigenvalue weighted by atomic mass is 10.0. The summed E-state index contributed by atoms with van der Waals surface area (Å²) in [7, 11) is 0. The van der Waals surface area contributed by atoms with Crippen molar-refractivity contribution in [3.05, 3.63) is 17.8 Å². The first-order valence-corrected chi connectivity index (χ1v) is 5.96.